The molecule has 0 saturated heterocycles. The van der Waals surface area contributed by atoms with E-state index < -0.39 is 48.0 Å². The van der Waals surface area contributed by atoms with Crippen LogP contribution in [0.1, 0.15) is 27.2 Å². The van der Waals surface area contributed by atoms with E-state index in [1.54, 1.807) is 0 Å². The van der Waals surface area contributed by atoms with E-state index in [1.165, 1.54) is 20.8 Å². The second kappa shape index (κ2) is 6.02. The highest BCUT2D eigenvalue weighted by atomic mass is 19.4. The van der Waals surface area contributed by atoms with E-state index in [4.69, 9.17) is 5.11 Å². The highest BCUT2D eigenvalue weighted by Crippen LogP contribution is 2.54. The number of hydrogen-bond donors (Lipinski definition) is 1. The van der Waals surface area contributed by atoms with Crippen LogP contribution in [0.15, 0.2) is 0 Å². The zero-order valence-corrected chi connectivity index (χ0v) is 11.9. The summed E-state index contributed by atoms with van der Waals surface area (Å²) in [4.78, 5) is 11.1. The molecule has 0 aromatic carbocycles. The summed E-state index contributed by atoms with van der Waals surface area (Å²) in [5.74, 6) is -21.9. The van der Waals surface area contributed by atoms with E-state index in [2.05, 4.69) is 4.74 Å². The van der Waals surface area contributed by atoms with Gasteiger partial charge in [0, 0.05) is 0 Å². The van der Waals surface area contributed by atoms with Crippen molar-refractivity contribution in [1.29, 1.82) is 0 Å². The van der Waals surface area contributed by atoms with E-state index in [-0.39, 0.29) is 0 Å². The van der Waals surface area contributed by atoms with Crippen molar-refractivity contribution in [2.75, 3.05) is 0 Å². The van der Waals surface area contributed by atoms with Gasteiger partial charge in [0.15, 0.2) is 6.10 Å². The molecule has 0 aromatic rings. The number of aliphatic hydroxyl groups is 1. The molecule has 0 aliphatic carbocycles. The normalized spacial score (nSPS) is 16.2. The van der Waals surface area contributed by atoms with Gasteiger partial charge in [0.1, 0.15) is 5.60 Å². The number of ether oxygens (including phenoxy) is 1. The molecule has 0 fully saturated rings. The molecule has 1 atom stereocenters. The molecule has 1 N–H and O–H groups in total. The molecule has 0 spiro atoms. The van der Waals surface area contributed by atoms with Crippen LogP contribution in [0.5, 0.6) is 0 Å². The molecule has 138 valence electrons. The fourth-order valence-electron chi connectivity index (χ4n) is 1.23. The Morgan fingerprint density at radius 3 is 1.61 bits per heavy atom. The number of halogens is 9. The second-order valence-electron chi connectivity index (χ2n) is 5.60. The van der Waals surface area contributed by atoms with Gasteiger partial charge in [-0.25, -0.2) is 4.79 Å². The monoisotopic (exact) mass is 364 g/mol. The topological polar surface area (TPSA) is 46.5 Å². The quantitative estimate of drug-likeness (QED) is 0.600. The van der Waals surface area contributed by atoms with E-state index in [0.29, 0.717) is 0 Å². The maximum Gasteiger partial charge on any atom is 0.460 e. The van der Waals surface area contributed by atoms with Gasteiger partial charge in [-0.05, 0) is 20.8 Å². The Morgan fingerprint density at radius 1 is 0.913 bits per heavy atom. The molecule has 1 unspecified atom stereocenters. The number of carbonyl (C=O) groups is 1. The molecule has 0 amide bonds. The van der Waals surface area contributed by atoms with Gasteiger partial charge in [-0.15, -0.1) is 0 Å². The van der Waals surface area contributed by atoms with Gasteiger partial charge in [0.25, 0.3) is 0 Å². The largest absolute Gasteiger partial charge is 0.460 e. The fraction of sp³-hybridized carbons (Fsp3) is 0.909. The highest BCUT2D eigenvalue weighted by Gasteiger charge is 2.81. The van der Waals surface area contributed by atoms with E-state index in [9.17, 15) is 44.3 Å². The summed E-state index contributed by atoms with van der Waals surface area (Å²) in [6.45, 7) is 3.63. The third kappa shape index (κ3) is 4.64. The Balaban J connectivity index is 5.37. The first kappa shape index (κ1) is 21.8. The third-order valence-electron chi connectivity index (χ3n) is 2.34. The lowest BCUT2D eigenvalue weighted by molar-refractivity contribution is -0.398. The van der Waals surface area contributed by atoms with Crippen LogP contribution in [-0.2, 0) is 9.53 Å². The summed E-state index contributed by atoms with van der Waals surface area (Å²) in [5.41, 5.74) is -1.34. The zero-order chi connectivity index (χ0) is 19.1. The summed E-state index contributed by atoms with van der Waals surface area (Å²) in [6.07, 6.45) is -12.7. The lowest BCUT2D eigenvalue weighted by atomic mass is 9.98. The van der Waals surface area contributed by atoms with Crippen molar-refractivity contribution in [3.05, 3.63) is 0 Å². The minimum absolute atomic E-state index is 1.21. The average Bonchev–Trinajstić information content (AvgIpc) is 2.23. The van der Waals surface area contributed by atoms with Crippen molar-refractivity contribution in [2.45, 2.75) is 62.8 Å². The Kier molecular flexibility index (Phi) is 5.71. The lowest BCUT2D eigenvalue weighted by Gasteiger charge is -2.34. The maximum atomic E-state index is 13.2. The van der Waals surface area contributed by atoms with Gasteiger partial charge in [-0.2, -0.15) is 39.5 Å². The molecule has 0 heterocycles. The first-order valence-electron chi connectivity index (χ1n) is 5.87. The van der Waals surface area contributed by atoms with Gasteiger partial charge in [0.05, 0.1) is 6.42 Å². The van der Waals surface area contributed by atoms with Gasteiger partial charge in [-0.3, -0.25) is 0 Å². The van der Waals surface area contributed by atoms with Crippen LogP contribution < -0.4 is 0 Å². The first-order chi connectivity index (χ1) is 9.76. The van der Waals surface area contributed by atoms with Crippen LogP contribution in [0.2, 0.25) is 0 Å². The van der Waals surface area contributed by atoms with Crippen molar-refractivity contribution in [1.82, 2.24) is 0 Å². The smallest absolute Gasteiger partial charge is 0.458 e. The van der Waals surface area contributed by atoms with Crippen LogP contribution in [0, 0.1) is 0 Å². The van der Waals surface area contributed by atoms with Gasteiger partial charge in [-0.1, -0.05) is 0 Å². The average molecular weight is 364 g/mol. The van der Waals surface area contributed by atoms with Crippen molar-refractivity contribution in [3.63, 3.8) is 0 Å². The number of esters is 1. The standard InChI is InChI=1S/C11H13F9O3/c1-7(2,3)23-6(22)5(21)4-8(12,13)9(14,15)10(16,17)11(18,19)20/h5,21H,4H2,1-3H3. The van der Waals surface area contributed by atoms with Gasteiger partial charge in [0.2, 0.25) is 0 Å². The molecule has 3 nitrogen and oxygen atoms in total. The van der Waals surface area contributed by atoms with Crippen LogP contribution in [-0.4, -0.2) is 46.7 Å². The predicted octanol–water partition coefficient (Wildman–Crippen LogP) is 3.55. The Bertz CT molecular complexity index is 437. The summed E-state index contributed by atoms with van der Waals surface area (Å²) in [5, 5.41) is 9.03. The van der Waals surface area contributed by atoms with Crippen molar-refractivity contribution < 1.29 is 54.2 Å². The Hall–Kier alpha value is -1.20. The molecule has 12 heteroatoms. The number of hydrogen-bond acceptors (Lipinski definition) is 3. The van der Waals surface area contributed by atoms with Gasteiger partial charge < -0.3 is 9.84 Å². The minimum Gasteiger partial charge on any atom is -0.458 e. The molecule has 23 heavy (non-hydrogen) atoms. The molecule has 0 saturated carbocycles. The third-order valence-corrected chi connectivity index (χ3v) is 2.34. The molecule has 0 aliphatic rings. The van der Waals surface area contributed by atoms with Crippen LogP contribution >= 0.6 is 0 Å². The first-order valence-corrected chi connectivity index (χ1v) is 5.87. The Labute approximate surface area is 124 Å². The molecule has 0 bridgehead atoms. The van der Waals surface area contributed by atoms with Crippen molar-refractivity contribution >= 4 is 5.97 Å². The molecule has 0 aliphatic heterocycles. The lowest BCUT2D eigenvalue weighted by Crippen LogP contribution is -2.61. The fourth-order valence-corrected chi connectivity index (χ4v) is 1.23. The molecule has 0 aromatic heterocycles. The minimum atomic E-state index is -7.07. The van der Waals surface area contributed by atoms with Gasteiger partial charge >= 0.3 is 29.9 Å². The highest BCUT2D eigenvalue weighted by molar-refractivity contribution is 5.74. The molecular weight excluding hydrogens is 351 g/mol. The summed E-state index contributed by atoms with van der Waals surface area (Å²) >= 11 is 0. The predicted molar refractivity (Wildman–Crippen MR) is 57.4 cm³/mol. The number of aliphatic hydroxyl groups excluding tert-OH is 1. The zero-order valence-electron chi connectivity index (χ0n) is 11.9. The molecule has 0 radical (unpaired) electrons. The molecular formula is C11H13F9O3. The number of carbonyl (C=O) groups excluding carboxylic acids is 1. The van der Waals surface area contributed by atoms with E-state index >= 15 is 0 Å². The second-order valence-corrected chi connectivity index (χ2v) is 5.60. The maximum absolute atomic E-state index is 13.2. The summed E-state index contributed by atoms with van der Waals surface area (Å²) in [6, 6.07) is 0. The van der Waals surface area contributed by atoms with Crippen LogP contribution in [0.4, 0.5) is 39.5 Å². The van der Waals surface area contributed by atoms with Crippen molar-refractivity contribution in [3.8, 4) is 0 Å². The van der Waals surface area contributed by atoms with E-state index in [1.807, 2.05) is 0 Å². The van der Waals surface area contributed by atoms with Crippen molar-refractivity contribution in [2.24, 2.45) is 0 Å². The summed E-state index contributed by atoms with van der Waals surface area (Å²) in [7, 11) is 0. The van der Waals surface area contributed by atoms with E-state index in [0.717, 1.165) is 0 Å². The molecule has 0 rings (SSSR count). The SMILES string of the molecule is CC(C)(C)OC(=O)C(O)CC(F)(F)C(F)(F)C(F)(F)C(F)(F)F. The number of alkyl halides is 9. The Morgan fingerprint density at radius 2 is 1.30 bits per heavy atom. The van der Waals surface area contributed by atoms with Crippen LogP contribution in [0.25, 0.3) is 0 Å². The van der Waals surface area contributed by atoms with Crippen LogP contribution in [0.3, 0.4) is 0 Å². The summed E-state index contributed by atoms with van der Waals surface area (Å²) < 4.78 is 117. The number of rotatable bonds is 5.